The molecule has 2 aliphatic rings. The second-order valence-electron chi connectivity index (χ2n) is 5.78. The molecule has 0 radical (unpaired) electrons. The molecule has 5 nitrogen and oxygen atoms in total. The Hall–Kier alpha value is -1.91. The van der Waals surface area contributed by atoms with Gasteiger partial charge >= 0.3 is 6.03 Å². The first-order chi connectivity index (χ1) is 10.1. The lowest BCUT2D eigenvalue weighted by Crippen LogP contribution is -2.64. The summed E-state index contributed by atoms with van der Waals surface area (Å²) >= 11 is 0. The number of hydrogen-bond donors (Lipinski definition) is 1. The molecular formula is C16H22N2O3. The van der Waals surface area contributed by atoms with Gasteiger partial charge in [0.15, 0.2) is 5.72 Å². The zero-order valence-corrected chi connectivity index (χ0v) is 12.8. The number of nitrogens with one attached hydrogen (secondary N) is 1. The first kappa shape index (κ1) is 14.0. The van der Waals surface area contributed by atoms with Gasteiger partial charge in [-0.2, -0.15) is 0 Å². The number of amides is 2. The molecule has 114 valence electrons. The molecule has 1 aromatic rings. The van der Waals surface area contributed by atoms with E-state index in [1.165, 1.54) is 0 Å². The quantitative estimate of drug-likeness (QED) is 0.927. The molecular weight excluding hydrogens is 268 g/mol. The number of rotatable bonds is 4. The van der Waals surface area contributed by atoms with Gasteiger partial charge in [0.25, 0.3) is 0 Å². The van der Waals surface area contributed by atoms with E-state index in [4.69, 9.17) is 9.47 Å². The van der Waals surface area contributed by atoms with Crippen LogP contribution in [0.2, 0.25) is 0 Å². The third kappa shape index (κ3) is 2.30. The van der Waals surface area contributed by atoms with Crippen molar-refractivity contribution in [2.45, 2.75) is 45.4 Å². The number of carbonyl (C=O) groups is 1. The number of nitrogens with zero attached hydrogens (tertiary/aromatic N) is 1. The maximum absolute atomic E-state index is 12.2. The molecule has 21 heavy (non-hydrogen) atoms. The van der Waals surface area contributed by atoms with Crippen LogP contribution in [-0.2, 0) is 0 Å². The summed E-state index contributed by atoms with van der Waals surface area (Å²) in [6.07, 6.45) is 1.73. The second kappa shape index (κ2) is 5.13. The summed E-state index contributed by atoms with van der Waals surface area (Å²) < 4.78 is 11.8. The third-order valence-corrected chi connectivity index (χ3v) is 4.18. The average molecular weight is 290 g/mol. The zero-order valence-electron chi connectivity index (χ0n) is 12.8. The maximum Gasteiger partial charge on any atom is 0.320 e. The van der Waals surface area contributed by atoms with Crippen LogP contribution in [0.5, 0.6) is 11.5 Å². The summed E-state index contributed by atoms with van der Waals surface area (Å²) in [7, 11) is 0. The minimum atomic E-state index is -0.585. The summed E-state index contributed by atoms with van der Waals surface area (Å²) in [5.41, 5.74) is 0.443. The molecule has 0 saturated carbocycles. The van der Waals surface area contributed by atoms with Crippen molar-refractivity contribution >= 4 is 6.03 Å². The molecule has 0 spiro atoms. The molecule has 2 aliphatic heterocycles. The lowest BCUT2D eigenvalue weighted by Gasteiger charge is -2.50. The third-order valence-electron chi connectivity index (χ3n) is 4.18. The largest absolute Gasteiger partial charge is 0.493 e. The van der Waals surface area contributed by atoms with Gasteiger partial charge in [-0.1, -0.05) is 6.92 Å². The molecule has 1 aromatic carbocycles. The van der Waals surface area contributed by atoms with Gasteiger partial charge in [0.2, 0.25) is 0 Å². The average Bonchev–Trinajstić information content (AvgIpc) is 2.44. The summed E-state index contributed by atoms with van der Waals surface area (Å²) in [5.74, 6) is 1.62. The fourth-order valence-electron chi connectivity index (χ4n) is 3.18. The van der Waals surface area contributed by atoms with E-state index in [1.54, 1.807) is 4.90 Å². The topological polar surface area (TPSA) is 50.8 Å². The fraction of sp³-hybridized carbons (Fsp3) is 0.562. The molecule has 2 unspecified atom stereocenters. The van der Waals surface area contributed by atoms with Crippen molar-refractivity contribution in [3.8, 4) is 11.5 Å². The Morgan fingerprint density at radius 1 is 1.48 bits per heavy atom. The Balaban J connectivity index is 1.94. The van der Waals surface area contributed by atoms with Gasteiger partial charge < -0.3 is 14.8 Å². The molecule has 2 heterocycles. The van der Waals surface area contributed by atoms with Gasteiger partial charge in [-0.05, 0) is 32.4 Å². The highest BCUT2D eigenvalue weighted by molar-refractivity contribution is 5.77. The normalized spacial score (nSPS) is 26.7. The van der Waals surface area contributed by atoms with Gasteiger partial charge in [0.1, 0.15) is 11.5 Å². The Kier molecular flexibility index (Phi) is 3.43. The fourth-order valence-corrected chi connectivity index (χ4v) is 3.18. The number of hydrogen-bond acceptors (Lipinski definition) is 3. The Labute approximate surface area is 125 Å². The summed E-state index contributed by atoms with van der Waals surface area (Å²) in [6, 6.07) is 5.81. The smallest absolute Gasteiger partial charge is 0.320 e. The molecule has 1 fully saturated rings. The van der Waals surface area contributed by atoms with Crippen LogP contribution in [0.4, 0.5) is 4.79 Å². The highest BCUT2D eigenvalue weighted by atomic mass is 16.5. The highest BCUT2D eigenvalue weighted by Gasteiger charge is 2.48. The van der Waals surface area contributed by atoms with E-state index in [0.29, 0.717) is 13.2 Å². The van der Waals surface area contributed by atoms with E-state index in [2.05, 4.69) is 12.2 Å². The first-order valence-corrected chi connectivity index (χ1v) is 7.61. The summed E-state index contributed by atoms with van der Waals surface area (Å²) in [4.78, 5) is 13.9. The lowest BCUT2D eigenvalue weighted by atomic mass is 9.90. The van der Waals surface area contributed by atoms with Crippen molar-refractivity contribution in [3.63, 3.8) is 0 Å². The Bertz CT molecular complexity index is 560. The predicted molar refractivity (Wildman–Crippen MR) is 79.5 cm³/mol. The Morgan fingerprint density at radius 2 is 2.29 bits per heavy atom. The van der Waals surface area contributed by atoms with Crippen molar-refractivity contribution < 1.29 is 14.3 Å². The van der Waals surface area contributed by atoms with Crippen LogP contribution in [0.25, 0.3) is 0 Å². The molecule has 2 amide bonds. The SMILES string of the molecule is CCCOc1ccc2c(c1)OC1(C)CC2NC(=O)N1CC. The molecule has 2 atom stereocenters. The van der Waals surface area contributed by atoms with Gasteiger partial charge in [0, 0.05) is 24.6 Å². The van der Waals surface area contributed by atoms with E-state index < -0.39 is 5.72 Å². The van der Waals surface area contributed by atoms with Crippen LogP contribution in [0.1, 0.15) is 45.2 Å². The molecule has 1 saturated heterocycles. The first-order valence-electron chi connectivity index (χ1n) is 7.61. The van der Waals surface area contributed by atoms with Crippen LogP contribution in [-0.4, -0.2) is 29.8 Å². The van der Waals surface area contributed by atoms with Gasteiger partial charge in [-0.3, -0.25) is 4.90 Å². The van der Waals surface area contributed by atoms with E-state index in [0.717, 1.165) is 29.9 Å². The van der Waals surface area contributed by atoms with Crippen LogP contribution in [0, 0.1) is 0 Å². The van der Waals surface area contributed by atoms with Gasteiger partial charge in [0.05, 0.1) is 12.6 Å². The predicted octanol–water partition coefficient (Wildman–Crippen LogP) is 3.06. The Morgan fingerprint density at radius 3 is 3.00 bits per heavy atom. The van der Waals surface area contributed by atoms with Crippen molar-refractivity contribution in [3.05, 3.63) is 23.8 Å². The van der Waals surface area contributed by atoms with Crippen LogP contribution < -0.4 is 14.8 Å². The molecule has 0 aromatic heterocycles. The zero-order chi connectivity index (χ0) is 15.0. The summed E-state index contributed by atoms with van der Waals surface area (Å²) in [6.45, 7) is 7.33. The van der Waals surface area contributed by atoms with Crippen LogP contribution >= 0.6 is 0 Å². The lowest BCUT2D eigenvalue weighted by molar-refractivity contribution is -0.0816. The minimum Gasteiger partial charge on any atom is -0.493 e. The van der Waals surface area contributed by atoms with E-state index in [-0.39, 0.29) is 12.1 Å². The van der Waals surface area contributed by atoms with Crippen molar-refractivity contribution in [2.75, 3.05) is 13.2 Å². The molecule has 2 bridgehead atoms. The number of carbonyl (C=O) groups excluding carboxylic acids is 1. The number of urea groups is 1. The van der Waals surface area contributed by atoms with Crippen LogP contribution in [0.3, 0.4) is 0 Å². The highest BCUT2D eigenvalue weighted by Crippen LogP contribution is 2.45. The molecule has 0 aliphatic carbocycles. The van der Waals surface area contributed by atoms with E-state index >= 15 is 0 Å². The molecule has 1 N–H and O–H groups in total. The summed E-state index contributed by atoms with van der Waals surface area (Å²) in [5, 5.41) is 3.06. The van der Waals surface area contributed by atoms with Gasteiger partial charge in [-0.25, -0.2) is 4.79 Å². The monoisotopic (exact) mass is 290 g/mol. The standard InChI is InChI=1S/C16H22N2O3/c1-4-8-20-11-6-7-12-13-10-16(3,21-14(12)9-11)18(5-2)15(19)17-13/h6-7,9,13H,4-5,8,10H2,1-3H3,(H,17,19). The second-order valence-corrected chi connectivity index (χ2v) is 5.78. The van der Waals surface area contributed by atoms with E-state index in [9.17, 15) is 4.79 Å². The maximum atomic E-state index is 12.2. The van der Waals surface area contributed by atoms with Gasteiger partial charge in [-0.15, -0.1) is 0 Å². The number of benzene rings is 1. The van der Waals surface area contributed by atoms with E-state index in [1.807, 2.05) is 32.0 Å². The molecule has 3 rings (SSSR count). The number of ether oxygens (including phenoxy) is 2. The molecule has 5 heteroatoms. The van der Waals surface area contributed by atoms with Crippen molar-refractivity contribution in [1.82, 2.24) is 10.2 Å². The minimum absolute atomic E-state index is 0.00859. The van der Waals surface area contributed by atoms with Crippen LogP contribution in [0.15, 0.2) is 18.2 Å². The van der Waals surface area contributed by atoms with Crippen molar-refractivity contribution in [1.29, 1.82) is 0 Å². The number of fused-ring (bicyclic) bond motifs is 4. The van der Waals surface area contributed by atoms with Crippen molar-refractivity contribution in [2.24, 2.45) is 0 Å².